The van der Waals surface area contributed by atoms with Crippen LogP contribution in [0.15, 0.2) is 18.5 Å². The van der Waals surface area contributed by atoms with Gasteiger partial charge in [0.05, 0.1) is 23.2 Å². The van der Waals surface area contributed by atoms with E-state index in [0.29, 0.717) is 11.7 Å². The van der Waals surface area contributed by atoms with E-state index in [0.717, 1.165) is 38.0 Å². The molecular weight excluding hydrogens is 226 g/mol. The molecule has 2 heterocycles. The molecule has 1 aliphatic rings. The van der Waals surface area contributed by atoms with E-state index in [9.17, 15) is 0 Å². The van der Waals surface area contributed by atoms with Gasteiger partial charge in [0.2, 0.25) is 0 Å². The van der Waals surface area contributed by atoms with Crippen molar-refractivity contribution < 1.29 is 4.74 Å². The normalized spacial score (nSPS) is 22.7. The van der Waals surface area contributed by atoms with Crippen LogP contribution in [0.4, 0.5) is 11.4 Å². The molecule has 18 heavy (non-hydrogen) atoms. The molecule has 100 valence electrons. The van der Waals surface area contributed by atoms with Crippen molar-refractivity contribution in [3.8, 4) is 0 Å². The van der Waals surface area contributed by atoms with E-state index in [2.05, 4.69) is 24.1 Å². The monoisotopic (exact) mass is 249 g/mol. The van der Waals surface area contributed by atoms with E-state index in [1.54, 1.807) is 6.20 Å². The molecule has 4 heteroatoms. The molecule has 1 unspecified atom stereocenters. The first-order chi connectivity index (χ1) is 8.67. The predicted molar refractivity (Wildman–Crippen MR) is 74.6 cm³/mol. The summed E-state index contributed by atoms with van der Waals surface area (Å²) >= 11 is 0. The minimum atomic E-state index is 0.0453. The summed E-state index contributed by atoms with van der Waals surface area (Å²) in [6, 6.07) is 2.38. The Morgan fingerprint density at radius 2 is 2.22 bits per heavy atom. The van der Waals surface area contributed by atoms with Crippen molar-refractivity contribution in [1.29, 1.82) is 0 Å². The Morgan fingerprint density at radius 3 is 2.89 bits per heavy atom. The third kappa shape index (κ3) is 2.93. The fraction of sp³-hybridized carbons (Fsp3) is 0.643. The van der Waals surface area contributed by atoms with Crippen molar-refractivity contribution in [3.05, 3.63) is 18.5 Å². The molecule has 0 bridgehead atoms. The molecule has 3 N–H and O–H groups in total. The number of pyridine rings is 1. The van der Waals surface area contributed by atoms with Crippen molar-refractivity contribution in [3.63, 3.8) is 0 Å². The highest BCUT2D eigenvalue weighted by Crippen LogP contribution is 2.32. The average molecular weight is 249 g/mol. The maximum atomic E-state index is 5.98. The van der Waals surface area contributed by atoms with Crippen LogP contribution in [-0.4, -0.2) is 23.2 Å². The van der Waals surface area contributed by atoms with Crippen LogP contribution < -0.4 is 11.1 Å². The summed E-state index contributed by atoms with van der Waals surface area (Å²) in [5, 5.41) is 3.52. The molecule has 1 saturated heterocycles. The van der Waals surface area contributed by atoms with Crippen LogP contribution in [0, 0.1) is 0 Å². The number of anilines is 2. The van der Waals surface area contributed by atoms with Crippen LogP contribution >= 0.6 is 0 Å². The van der Waals surface area contributed by atoms with E-state index >= 15 is 0 Å². The third-order valence-corrected chi connectivity index (χ3v) is 3.91. The molecule has 0 aliphatic carbocycles. The second-order valence-corrected chi connectivity index (χ2v) is 5.08. The smallest absolute Gasteiger partial charge is 0.0696 e. The second-order valence-electron chi connectivity index (χ2n) is 5.08. The van der Waals surface area contributed by atoms with Gasteiger partial charge in [-0.1, -0.05) is 13.8 Å². The van der Waals surface area contributed by atoms with Gasteiger partial charge in [-0.15, -0.1) is 0 Å². The van der Waals surface area contributed by atoms with Crippen LogP contribution in [0.25, 0.3) is 0 Å². The lowest BCUT2D eigenvalue weighted by molar-refractivity contribution is -0.0864. The zero-order chi connectivity index (χ0) is 13.0. The Kier molecular flexibility index (Phi) is 4.07. The summed E-state index contributed by atoms with van der Waals surface area (Å²) in [5.74, 6) is 0. The van der Waals surface area contributed by atoms with Crippen LogP contribution in [0.2, 0.25) is 0 Å². The number of ether oxygens (including phenoxy) is 1. The van der Waals surface area contributed by atoms with E-state index in [4.69, 9.17) is 10.5 Å². The molecule has 1 aliphatic heterocycles. The van der Waals surface area contributed by atoms with E-state index in [-0.39, 0.29) is 5.60 Å². The van der Waals surface area contributed by atoms with Gasteiger partial charge in [-0.3, -0.25) is 4.98 Å². The molecule has 2 rings (SSSR count). The molecule has 0 spiro atoms. The number of nitrogens with two attached hydrogens (primary N) is 1. The van der Waals surface area contributed by atoms with Crippen molar-refractivity contribution in [2.45, 2.75) is 51.2 Å². The molecule has 1 aromatic heterocycles. The lowest BCUT2D eigenvalue weighted by atomic mass is 9.86. The minimum absolute atomic E-state index is 0.0453. The molecule has 1 atom stereocenters. The molecule has 0 aromatic carbocycles. The molecule has 1 fully saturated rings. The largest absolute Gasteiger partial charge is 0.397 e. The summed E-state index contributed by atoms with van der Waals surface area (Å²) in [7, 11) is 0. The van der Waals surface area contributed by atoms with Gasteiger partial charge >= 0.3 is 0 Å². The molecule has 0 saturated carbocycles. The number of nitrogen functional groups attached to an aromatic ring is 1. The Labute approximate surface area is 109 Å². The van der Waals surface area contributed by atoms with Crippen molar-refractivity contribution in [1.82, 2.24) is 4.98 Å². The van der Waals surface area contributed by atoms with Crippen molar-refractivity contribution in [2.75, 3.05) is 17.7 Å². The first-order valence-corrected chi connectivity index (χ1v) is 6.78. The van der Waals surface area contributed by atoms with Gasteiger partial charge < -0.3 is 15.8 Å². The van der Waals surface area contributed by atoms with E-state index < -0.39 is 0 Å². The van der Waals surface area contributed by atoms with E-state index in [1.807, 2.05) is 12.3 Å². The van der Waals surface area contributed by atoms with Gasteiger partial charge in [0.25, 0.3) is 0 Å². The quantitative estimate of drug-likeness (QED) is 0.861. The SMILES string of the molecule is CCC1(CC)CC(Nc2cncc(N)c2)CCO1. The Bertz CT molecular complexity index is 390. The number of rotatable bonds is 4. The second kappa shape index (κ2) is 5.57. The maximum Gasteiger partial charge on any atom is 0.0696 e. The van der Waals surface area contributed by atoms with Crippen LogP contribution in [0.3, 0.4) is 0 Å². The highest BCUT2D eigenvalue weighted by Gasteiger charge is 2.34. The topological polar surface area (TPSA) is 60.2 Å². The number of nitrogens with one attached hydrogen (secondary N) is 1. The van der Waals surface area contributed by atoms with E-state index in [1.165, 1.54) is 0 Å². The molecule has 0 radical (unpaired) electrons. The summed E-state index contributed by atoms with van der Waals surface area (Å²) in [6.07, 6.45) is 7.71. The minimum Gasteiger partial charge on any atom is -0.397 e. The Hall–Kier alpha value is -1.29. The molecule has 1 aromatic rings. The highest BCUT2D eigenvalue weighted by atomic mass is 16.5. The number of hydrogen-bond donors (Lipinski definition) is 2. The van der Waals surface area contributed by atoms with Crippen LogP contribution in [0.1, 0.15) is 39.5 Å². The number of hydrogen-bond acceptors (Lipinski definition) is 4. The Balaban J connectivity index is 2.01. The standard InChI is InChI=1S/C14H23N3O/c1-3-14(4-2)8-12(5-6-18-14)17-13-7-11(15)9-16-10-13/h7,9-10,12,17H,3-6,8,15H2,1-2H3. The van der Waals surface area contributed by atoms with Gasteiger partial charge in [-0.05, 0) is 31.7 Å². The van der Waals surface area contributed by atoms with Gasteiger partial charge in [-0.2, -0.15) is 0 Å². The summed E-state index contributed by atoms with van der Waals surface area (Å²) in [5.41, 5.74) is 7.49. The Morgan fingerprint density at radius 1 is 1.44 bits per heavy atom. The maximum absolute atomic E-state index is 5.98. The zero-order valence-electron chi connectivity index (χ0n) is 11.3. The lowest BCUT2D eigenvalue weighted by Crippen LogP contribution is -2.43. The highest BCUT2D eigenvalue weighted by molar-refractivity contribution is 5.51. The lowest BCUT2D eigenvalue weighted by Gasteiger charge is -2.40. The summed E-state index contributed by atoms with van der Waals surface area (Å²) < 4.78 is 5.98. The van der Waals surface area contributed by atoms with Gasteiger partial charge in [-0.25, -0.2) is 0 Å². The van der Waals surface area contributed by atoms with Gasteiger partial charge in [0, 0.05) is 18.8 Å². The van der Waals surface area contributed by atoms with Gasteiger partial charge in [0.15, 0.2) is 0 Å². The third-order valence-electron chi connectivity index (χ3n) is 3.91. The predicted octanol–water partition coefficient (Wildman–Crippen LogP) is 2.81. The summed E-state index contributed by atoms with van der Waals surface area (Å²) in [4.78, 5) is 4.11. The average Bonchev–Trinajstić information content (AvgIpc) is 2.39. The van der Waals surface area contributed by atoms with Crippen molar-refractivity contribution in [2.24, 2.45) is 0 Å². The van der Waals surface area contributed by atoms with Crippen LogP contribution in [-0.2, 0) is 4.74 Å². The zero-order valence-corrected chi connectivity index (χ0v) is 11.3. The first kappa shape index (κ1) is 13.1. The fourth-order valence-corrected chi connectivity index (χ4v) is 2.67. The first-order valence-electron chi connectivity index (χ1n) is 6.78. The van der Waals surface area contributed by atoms with Gasteiger partial charge in [0.1, 0.15) is 0 Å². The number of aromatic nitrogens is 1. The summed E-state index contributed by atoms with van der Waals surface area (Å²) in [6.45, 7) is 5.23. The molecule has 4 nitrogen and oxygen atoms in total. The van der Waals surface area contributed by atoms with Crippen molar-refractivity contribution >= 4 is 11.4 Å². The van der Waals surface area contributed by atoms with Crippen LogP contribution in [0.5, 0.6) is 0 Å². The number of nitrogens with zero attached hydrogens (tertiary/aromatic N) is 1. The molecule has 0 amide bonds. The fourth-order valence-electron chi connectivity index (χ4n) is 2.67. The molecular formula is C14H23N3O.